The van der Waals surface area contributed by atoms with E-state index >= 15 is 0 Å². The third-order valence-corrected chi connectivity index (χ3v) is 5.45. The molecule has 3 rings (SSSR count). The number of sulfonamides is 1. The molecule has 0 bridgehead atoms. The zero-order valence-electron chi connectivity index (χ0n) is 14.8. The molecular weight excluding hydrogens is 366 g/mol. The van der Waals surface area contributed by atoms with E-state index in [0.29, 0.717) is 5.69 Å². The normalized spacial score (nSPS) is 12.5. The van der Waals surface area contributed by atoms with Gasteiger partial charge in [-0.1, -0.05) is 12.1 Å². The Morgan fingerprint density at radius 3 is 2.30 bits per heavy atom. The molecule has 0 saturated heterocycles. The van der Waals surface area contributed by atoms with Crippen LogP contribution >= 0.6 is 0 Å². The molecule has 0 saturated carbocycles. The number of hydrogen-bond acceptors (Lipinski definition) is 5. The summed E-state index contributed by atoms with van der Waals surface area (Å²) >= 11 is 0. The molecule has 0 aliphatic heterocycles. The molecule has 2 aromatic carbocycles. The quantitative estimate of drug-likeness (QED) is 0.677. The fraction of sp³-hybridized carbons (Fsp3) is 0.167. The lowest BCUT2D eigenvalue weighted by molar-refractivity contribution is -0.114. The minimum Gasteiger partial charge on any atom is -0.326 e. The van der Waals surface area contributed by atoms with Gasteiger partial charge in [-0.15, -0.1) is 0 Å². The number of nitrogens with one attached hydrogen (secondary N) is 2. The minimum atomic E-state index is -3.70. The van der Waals surface area contributed by atoms with Crippen molar-refractivity contribution in [2.75, 3.05) is 5.32 Å². The molecule has 0 radical (unpaired) electrons. The molecule has 1 atom stereocenters. The van der Waals surface area contributed by atoms with Crippen molar-refractivity contribution in [3.8, 4) is 5.69 Å². The fourth-order valence-corrected chi connectivity index (χ4v) is 3.78. The van der Waals surface area contributed by atoms with Crippen molar-refractivity contribution in [2.45, 2.75) is 24.8 Å². The first kappa shape index (κ1) is 18.7. The summed E-state index contributed by atoms with van der Waals surface area (Å²) < 4.78 is 29.4. The summed E-state index contributed by atoms with van der Waals surface area (Å²) in [6, 6.07) is 12.9. The van der Waals surface area contributed by atoms with Gasteiger partial charge in [0.05, 0.1) is 10.6 Å². The number of rotatable bonds is 6. The molecule has 0 aliphatic carbocycles. The van der Waals surface area contributed by atoms with E-state index in [4.69, 9.17) is 0 Å². The van der Waals surface area contributed by atoms with Crippen LogP contribution in [0.1, 0.15) is 25.5 Å². The van der Waals surface area contributed by atoms with Crippen LogP contribution in [0.5, 0.6) is 0 Å². The van der Waals surface area contributed by atoms with E-state index in [-0.39, 0.29) is 10.8 Å². The van der Waals surface area contributed by atoms with E-state index in [1.165, 1.54) is 25.4 Å². The van der Waals surface area contributed by atoms with Gasteiger partial charge in [-0.25, -0.2) is 22.8 Å². The second-order valence-electron chi connectivity index (χ2n) is 5.98. The van der Waals surface area contributed by atoms with Gasteiger partial charge in [-0.3, -0.25) is 4.79 Å². The highest BCUT2D eigenvalue weighted by molar-refractivity contribution is 7.89. The molecule has 0 spiro atoms. The highest BCUT2D eigenvalue weighted by Gasteiger charge is 2.18. The number of carbonyl (C=O) groups is 1. The Labute approximate surface area is 157 Å². The zero-order chi connectivity index (χ0) is 19.4. The van der Waals surface area contributed by atoms with Gasteiger partial charge >= 0.3 is 0 Å². The Morgan fingerprint density at radius 1 is 1.07 bits per heavy atom. The van der Waals surface area contributed by atoms with Crippen LogP contribution in [0.2, 0.25) is 0 Å². The van der Waals surface area contributed by atoms with Crippen molar-refractivity contribution >= 4 is 21.6 Å². The number of hydrogen-bond donors (Lipinski definition) is 2. The van der Waals surface area contributed by atoms with Gasteiger partial charge in [0, 0.05) is 18.7 Å². The van der Waals surface area contributed by atoms with Crippen LogP contribution < -0.4 is 10.0 Å². The third kappa shape index (κ3) is 4.57. The van der Waals surface area contributed by atoms with E-state index in [9.17, 15) is 13.2 Å². The lowest BCUT2D eigenvalue weighted by Gasteiger charge is -2.15. The minimum absolute atomic E-state index is 0.127. The molecule has 8 nitrogen and oxygen atoms in total. The Kier molecular flexibility index (Phi) is 5.33. The first-order valence-corrected chi connectivity index (χ1v) is 9.68. The van der Waals surface area contributed by atoms with Crippen molar-refractivity contribution in [1.29, 1.82) is 0 Å². The average molecular weight is 385 g/mol. The van der Waals surface area contributed by atoms with Gasteiger partial charge in [0.15, 0.2) is 0 Å². The lowest BCUT2D eigenvalue weighted by Crippen LogP contribution is -2.26. The summed E-state index contributed by atoms with van der Waals surface area (Å²) in [4.78, 5) is 15.1. The summed E-state index contributed by atoms with van der Waals surface area (Å²) in [5.74, 6) is -0.216. The van der Waals surface area contributed by atoms with Gasteiger partial charge in [-0.2, -0.15) is 5.10 Å². The van der Waals surface area contributed by atoms with Gasteiger partial charge in [0.1, 0.15) is 12.7 Å². The molecular formula is C18H19N5O3S. The Hall–Kier alpha value is -3.04. The predicted molar refractivity (Wildman–Crippen MR) is 101 cm³/mol. The standard InChI is InChI=1S/C18H19N5O3S/c1-13(15-3-7-17(8-4-15)23-12-19-11-20-23)22-27(25,26)18-9-5-16(6-10-18)21-14(2)24/h3-13,22H,1-2H3,(H,21,24)/t13-/m1/s1. The number of amides is 1. The molecule has 3 aromatic rings. The van der Waals surface area contributed by atoms with Crippen LogP contribution in [0.25, 0.3) is 5.69 Å². The van der Waals surface area contributed by atoms with Crippen molar-refractivity contribution < 1.29 is 13.2 Å². The molecule has 0 unspecified atom stereocenters. The molecule has 27 heavy (non-hydrogen) atoms. The molecule has 1 amide bonds. The maximum atomic E-state index is 12.6. The second-order valence-corrected chi connectivity index (χ2v) is 7.69. The number of aromatic nitrogens is 3. The molecule has 1 aromatic heterocycles. The van der Waals surface area contributed by atoms with Gasteiger partial charge < -0.3 is 5.32 Å². The molecule has 0 fully saturated rings. The van der Waals surface area contributed by atoms with Crippen LogP contribution in [-0.2, 0) is 14.8 Å². The topological polar surface area (TPSA) is 106 Å². The summed E-state index contributed by atoms with van der Waals surface area (Å²) in [6.45, 7) is 3.16. The number of anilines is 1. The summed E-state index contributed by atoms with van der Waals surface area (Å²) in [5.41, 5.74) is 2.19. The van der Waals surface area contributed by atoms with E-state index in [2.05, 4.69) is 20.1 Å². The van der Waals surface area contributed by atoms with Gasteiger partial charge in [-0.05, 0) is 48.9 Å². The maximum Gasteiger partial charge on any atom is 0.241 e. The van der Waals surface area contributed by atoms with Crippen LogP contribution in [0, 0.1) is 0 Å². The lowest BCUT2D eigenvalue weighted by atomic mass is 10.1. The van der Waals surface area contributed by atoms with Crippen LogP contribution in [0.3, 0.4) is 0 Å². The van der Waals surface area contributed by atoms with Crippen LogP contribution in [0.15, 0.2) is 66.1 Å². The summed E-state index contributed by atoms with van der Waals surface area (Å²) in [5, 5.41) is 6.65. The van der Waals surface area contributed by atoms with Gasteiger partial charge in [0.2, 0.25) is 15.9 Å². The summed E-state index contributed by atoms with van der Waals surface area (Å²) in [7, 11) is -3.70. The van der Waals surface area contributed by atoms with Gasteiger partial charge in [0.25, 0.3) is 0 Å². The largest absolute Gasteiger partial charge is 0.326 e. The van der Waals surface area contributed by atoms with Crippen LogP contribution in [-0.4, -0.2) is 29.1 Å². The first-order chi connectivity index (χ1) is 12.8. The van der Waals surface area contributed by atoms with E-state index in [0.717, 1.165) is 11.3 Å². The molecule has 1 heterocycles. The molecule has 2 N–H and O–H groups in total. The molecule has 140 valence electrons. The highest BCUT2D eigenvalue weighted by atomic mass is 32.2. The average Bonchev–Trinajstić information content (AvgIpc) is 3.16. The maximum absolute atomic E-state index is 12.6. The number of benzene rings is 2. The third-order valence-electron chi connectivity index (χ3n) is 3.89. The first-order valence-electron chi connectivity index (χ1n) is 8.20. The van der Waals surface area contributed by atoms with E-state index in [1.54, 1.807) is 30.1 Å². The Morgan fingerprint density at radius 2 is 1.74 bits per heavy atom. The van der Waals surface area contributed by atoms with Crippen molar-refractivity contribution in [3.63, 3.8) is 0 Å². The number of carbonyl (C=O) groups excluding carboxylic acids is 1. The number of nitrogens with zero attached hydrogens (tertiary/aromatic N) is 3. The van der Waals surface area contributed by atoms with Crippen molar-refractivity contribution in [3.05, 3.63) is 66.7 Å². The van der Waals surface area contributed by atoms with E-state index < -0.39 is 16.1 Å². The highest BCUT2D eigenvalue weighted by Crippen LogP contribution is 2.20. The van der Waals surface area contributed by atoms with Crippen molar-refractivity contribution in [2.24, 2.45) is 0 Å². The zero-order valence-corrected chi connectivity index (χ0v) is 15.6. The second kappa shape index (κ2) is 7.68. The predicted octanol–water partition coefficient (Wildman–Crippen LogP) is 2.27. The fourth-order valence-electron chi connectivity index (χ4n) is 2.55. The SMILES string of the molecule is CC(=O)Nc1ccc(S(=O)(=O)N[C@H](C)c2ccc(-n3cncn3)cc2)cc1. The molecule has 0 aliphatic rings. The Balaban J connectivity index is 1.72. The van der Waals surface area contributed by atoms with Crippen LogP contribution in [0.4, 0.5) is 5.69 Å². The smallest absolute Gasteiger partial charge is 0.241 e. The van der Waals surface area contributed by atoms with Crippen molar-refractivity contribution in [1.82, 2.24) is 19.5 Å². The monoisotopic (exact) mass is 385 g/mol. The van der Waals surface area contributed by atoms with E-state index in [1.807, 2.05) is 24.3 Å². The Bertz CT molecular complexity index is 1010. The molecule has 9 heteroatoms. The summed E-state index contributed by atoms with van der Waals surface area (Å²) in [6.07, 6.45) is 3.04.